The molecule has 1 aromatic rings. The summed E-state index contributed by atoms with van der Waals surface area (Å²) in [4.78, 5) is 0. The van der Waals surface area contributed by atoms with E-state index in [4.69, 9.17) is 9.47 Å². The molecule has 1 aromatic carbocycles. The Bertz CT molecular complexity index is 341. The zero-order valence-electron chi connectivity index (χ0n) is 12.4. The first-order valence-electron chi connectivity index (χ1n) is 7.24. The molecular formula is C16H27NO2. The molecule has 0 aliphatic carbocycles. The maximum atomic E-state index is 5.76. The molecule has 0 bridgehead atoms. The minimum atomic E-state index is 0.594. The largest absolute Gasteiger partial charge is 0.491 e. The Morgan fingerprint density at radius 2 is 1.95 bits per heavy atom. The van der Waals surface area contributed by atoms with Gasteiger partial charge in [-0.25, -0.2) is 0 Å². The van der Waals surface area contributed by atoms with E-state index in [1.807, 2.05) is 12.1 Å². The maximum Gasteiger partial charge on any atom is 0.122 e. The Labute approximate surface area is 117 Å². The van der Waals surface area contributed by atoms with Crippen molar-refractivity contribution in [2.24, 2.45) is 0 Å². The molecule has 1 unspecified atom stereocenters. The number of aryl methyl sites for hydroxylation is 1. The SMILES string of the molecule is CCNC(CC)CCc1ccccc1OCCOC. The Balaban J connectivity index is 2.51. The highest BCUT2D eigenvalue weighted by atomic mass is 16.5. The molecule has 0 aromatic heterocycles. The number of hydrogen-bond acceptors (Lipinski definition) is 3. The van der Waals surface area contributed by atoms with Crippen LogP contribution in [0.3, 0.4) is 0 Å². The third-order valence-corrected chi connectivity index (χ3v) is 3.27. The zero-order chi connectivity index (χ0) is 13.9. The highest BCUT2D eigenvalue weighted by molar-refractivity contribution is 5.33. The van der Waals surface area contributed by atoms with Gasteiger partial charge in [-0.2, -0.15) is 0 Å². The predicted octanol–water partition coefficient (Wildman–Crippen LogP) is 3.03. The Hall–Kier alpha value is -1.06. The van der Waals surface area contributed by atoms with Crippen LogP contribution in [0.15, 0.2) is 24.3 Å². The molecule has 3 nitrogen and oxygen atoms in total. The summed E-state index contributed by atoms with van der Waals surface area (Å²) >= 11 is 0. The van der Waals surface area contributed by atoms with Crippen molar-refractivity contribution >= 4 is 0 Å². The third-order valence-electron chi connectivity index (χ3n) is 3.27. The van der Waals surface area contributed by atoms with Gasteiger partial charge in [0.25, 0.3) is 0 Å². The minimum absolute atomic E-state index is 0.594. The third kappa shape index (κ3) is 6.08. The average Bonchev–Trinajstić information content (AvgIpc) is 2.45. The second kappa shape index (κ2) is 9.82. The van der Waals surface area contributed by atoms with E-state index in [9.17, 15) is 0 Å². The number of methoxy groups -OCH3 is 1. The fourth-order valence-corrected chi connectivity index (χ4v) is 2.16. The lowest BCUT2D eigenvalue weighted by molar-refractivity contribution is 0.145. The van der Waals surface area contributed by atoms with Crippen molar-refractivity contribution in [3.8, 4) is 5.75 Å². The number of benzene rings is 1. The van der Waals surface area contributed by atoms with E-state index in [0.29, 0.717) is 19.3 Å². The molecule has 0 radical (unpaired) electrons. The molecule has 1 atom stereocenters. The van der Waals surface area contributed by atoms with Gasteiger partial charge < -0.3 is 14.8 Å². The molecule has 0 saturated heterocycles. The molecule has 19 heavy (non-hydrogen) atoms. The van der Waals surface area contributed by atoms with Crippen LogP contribution in [0.5, 0.6) is 5.75 Å². The van der Waals surface area contributed by atoms with Gasteiger partial charge in [0, 0.05) is 13.2 Å². The standard InChI is InChI=1S/C16H27NO2/c1-4-15(17-5-2)11-10-14-8-6-7-9-16(14)19-13-12-18-3/h6-9,15,17H,4-5,10-13H2,1-3H3. The Kier molecular flexibility index (Phi) is 8.26. The van der Waals surface area contributed by atoms with Gasteiger partial charge in [-0.15, -0.1) is 0 Å². The van der Waals surface area contributed by atoms with Crippen LogP contribution in [-0.4, -0.2) is 32.9 Å². The van der Waals surface area contributed by atoms with E-state index >= 15 is 0 Å². The zero-order valence-corrected chi connectivity index (χ0v) is 12.4. The topological polar surface area (TPSA) is 30.5 Å². The van der Waals surface area contributed by atoms with E-state index in [-0.39, 0.29) is 0 Å². The molecule has 3 heteroatoms. The summed E-state index contributed by atoms with van der Waals surface area (Å²) in [7, 11) is 1.69. The van der Waals surface area contributed by atoms with Crippen LogP contribution in [-0.2, 0) is 11.2 Å². The van der Waals surface area contributed by atoms with Gasteiger partial charge >= 0.3 is 0 Å². The van der Waals surface area contributed by atoms with Gasteiger partial charge in [0.2, 0.25) is 0 Å². The van der Waals surface area contributed by atoms with Crippen molar-refractivity contribution in [1.29, 1.82) is 0 Å². The van der Waals surface area contributed by atoms with E-state index in [0.717, 1.165) is 25.1 Å². The second-order valence-corrected chi connectivity index (χ2v) is 4.65. The fourth-order valence-electron chi connectivity index (χ4n) is 2.16. The molecule has 0 heterocycles. The smallest absolute Gasteiger partial charge is 0.122 e. The minimum Gasteiger partial charge on any atom is -0.491 e. The van der Waals surface area contributed by atoms with Crippen molar-refractivity contribution < 1.29 is 9.47 Å². The van der Waals surface area contributed by atoms with Crippen LogP contribution in [0.2, 0.25) is 0 Å². The fraction of sp³-hybridized carbons (Fsp3) is 0.625. The van der Waals surface area contributed by atoms with E-state index < -0.39 is 0 Å². The summed E-state index contributed by atoms with van der Waals surface area (Å²) in [5.41, 5.74) is 1.29. The number of para-hydroxylation sites is 1. The van der Waals surface area contributed by atoms with Gasteiger partial charge in [-0.1, -0.05) is 32.0 Å². The predicted molar refractivity (Wildman–Crippen MR) is 79.9 cm³/mol. The average molecular weight is 265 g/mol. The van der Waals surface area contributed by atoms with Crippen molar-refractivity contribution in [3.05, 3.63) is 29.8 Å². The van der Waals surface area contributed by atoms with Crippen LogP contribution in [0.25, 0.3) is 0 Å². The summed E-state index contributed by atoms with van der Waals surface area (Å²) in [5, 5.41) is 3.51. The van der Waals surface area contributed by atoms with Crippen LogP contribution in [0, 0.1) is 0 Å². The summed E-state index contributed by atoms with van der Waals surface area (Å²) < 4.78 is 10.8. The molecule has 0 spiro atoms. The van der Waals surface area contributed by atoms with Gasteiger partial charge in [-0.05, 0) is 37.4 Å². The summed E-state index contributed by atoms with van der Waals surface area (Å²) in [5.74, 6) is 0.992. The number of rotatable bonds is 10. The van der Waals surface area contributed by atoms with Gasteiger partial charge in [0.1, 0.15) is 12.4 Å². The van der Waals surface area contributed by atoms with Crippen LogP contribution < -0.4 is 10.1 Å². The molecule has 0 saturated carbocycles. The molecule has 0 aliphatic heterocycles. The number of hydrogen-bond donors (Lipinski definition) is 1. The quantitative estimate of drug-likeness (QED) is 0.660. The second-order valence-electron chi connectivity index (χ2n) is 4.65. The molecule has 0 fully saturated rings. The molecule has 1 rings (SSSR count). The summed E-state index contributed by atoms with van der Waals surface area (Å²) in [6.45, 7) is 6.66. The maximum absolute atomic E-state index is 5.76. The van der Waals surface area contributed by atoms with E-state index in [2.05, 4.69) is 31.3 Å². The lowest BCUT2D eigenvalue weighted by Crippen LogP contribution is -2.28. The van der Waals surface area contributed by atoms with Crippen molar-refractivity contribution in [2.45, 2.75) is 39.2 Å². The lowest BCUT2D eigenvalue weighted by Gasteiger charge is -2.17. The first-order chi connectivity index (χ1) is 9.31. The van der Waals surface area contributed by atoms with Crippen molar-refractivity contribution in [1.82, 2.24) is 5.32 Å². The van der Waals surface area contributed by atoms with E-state index in [1.165, 1.54) is 12.0 Å². The summed E-state index contributed by atoms with van der Waals surface area (Å²) in [6.07, 6.45) is 3.37. The molecule has 0 amide bonds. The Morgan fingerprint density at radius 3 is 2.63 bits per heavy atom. The van der Waals surface area contributed by atoms with Crippen molar-refractivity contribution in [2.75, 3.05) is 26.9 Å². The molecule has 108 valence electrons. The lowest BCUT2D eigenvalue weighted by atomic mass is 10.0. The first kappa shape index (κ1) is 16.0. The van der Waals surface area contributed by atoms with Gasteiger partial charge in [0.15, 0.2) is 0 Å². The van der Waals surface area contributed by atoms with Crippen molar-refractivity contribution in [3.63, 3.8) is 0 Å². The molecule has 1 N–H and O–H groups in total. The van der Waals surface area contributed by atoms with Crippen LogP contribution in [0.4, 0.5) is 0 Å². The van der Waals surface area contributed by atoms with E-state index in [1.54, 1.807) is 7.11 Å². The number of nitrogens with one attached hydrogen (secondary N) is 1. The monoisotopic (exact) mass is 265 g/mol. The van der Waals surface area contributed by atoms with Crippen LogP contribution in [0.1, 0.15) is 32.3 Å². The highest BCUT2D eigenvalue weighted by Crippen LogP contribution is 2.20. The molecule has 0 aliphatic rings. The first-order valence-corrected chi connectivity index (χ1v) is 7.24. The van der Waals surface area contributed by atoms with Crippen LogP contribution >= 0.6 is 0 Å². The van der Waals surface area contributed by atoms with Gasteiger partial charge in [-0.3, -0.25) is 0 Å². The normalized spacial score (nSPS) is 12.4. The summed E-state index contributed by atoms with van der Waals surface area (Å²) in [6, 6.07) is 8.89. The Morgan fingerprint density at radius 1 is 1.16 bits per heavy atom. The van der Waals surface area contributed by atoms with Gasteiger partial charge in [0.05, 0.1) is 6.61 Å². The number of ether oxygens (including phenoxy) is 2. The highest BCUT2D eigenvalue weighted by Gasteiger charge is 2.08. The molecular weight excluding hydrogens is 238 g/mol.